The lowest BCUT2D eigenvalue weighted by Gasteiger charge is -2.20. The first-order valence-corrected chi connectivity index (χ1v) is 10.7. The van der Waals surface area contributed by atoms with E-state index in [9.17, 15) is 4.79 Å². The van der Waals surface area contributed by atoms with Gasteiger partial charge in [-0.3, -0.25) is 14.5 Å². The average molecular weight is 437 g/mol. The van der Waals surface area contributed by atoms with E-state index in [0.717, 1.165) is 44.2 Å². The fourth-order valence-corrected chi connectivity index (χ4v) is 4.39. The molecule has 0 bridgehead atoms. The van der Waals surface area contributed by atoms with E-state index >= 15 is 0 Å². The van der Waals surface area contributed by atoms with Crippen LogP contribution in [-0.2, 0) is 13.6 Å². The molecule has 0 fully saturated rings. The van der Waals surface area contributed by atoms with Gasteiger partial charge in [0.15, 0.2) is 0 Å². The summed E-state index contributed by atoms with van der Waals surface area (Å²) in [6, 6.07) is 21.7. The second-order valence-electron chi connectivity index (χ2n) is 8.03. The smallest absolute Gasteiger partial charge is 0.254 e. The van der Waals surface area contributed by atoms with Crippen LogP contribution in [-0.4, -0.2) is 39.7 Å². The van der Waals surface area contributed by atoms with Crippen molar-refractivity contribution in [3.63, 3.8) is 0 Å². The van der Waals surface area contributed by atoms with Crippen molar-refractivity contribution in [1.82, 2.24) is 19.7 Å². The average Bonchev–Trinajstić information content (AvgIpc) is 3.28. The minimum atomic E-state index is -0.0318. The molecule has 33 heavy (non-hydrogen) atoms. The Kier molecular flexibility index (Phi) is 5.26. The molecular formula is C27H24N4O2. The normalized spacial score (nSPS) is 11.1. The minimum absolute atomic E-state index is 0.0318. The molecule has 3 aromatic carbocycles. The lowest BCUT2D eigenvalue weighted by atomic mass is 9.97. The van der Waals surface area contributed by atoms with E-state index in [-0.39, 0.29) is 5.91 Å². The van der Waals surface area contributed by atoms with Crippen LogP contribution in [0, 0.1) is 0 Å². The van der Waals surface area contributed by atoms with E-state index in [1.807, 2.05) is 79.4 Å². The molecule has 6 nitrogen and oxygen atoms in total. The van der Waals surface area contributed by atoms with Crippen molar-refractivity contribution in [2.75, 3.05) is 14.2 Å². The molecule has 0 spiro atoms. The van der Waals surface area contributed by atoms with Gasteiger partial charge in [0.25, 0.3) is 5.91 Å². The van der Waals surface area contributed by atoms with Crippen molar-refractivity contribution >= 4 is 27.6 Å². The molecule has 0 radical (unpaired) electrons. The zero-order valence-corrected chi connectivity index (χ0v) is 18.8. The molecule has 0 aliphatic rings. The number of rotatable bonds is 5. The van der Waals surface area contributed by atoms with E-state index in [2.05, 4.69) is 16.1 Å². The molecule has 0 N–H and O–H groups in total. The number of hydrogen-bond donors (Lipinski definition) is 0. The van der Waals surface area contributed by atoms with Gasteiger partial charge in [-0.2, -0.15) is 5.10 Å². The summed E-state index contributed by atoms with van der Waals surface area (Å²) < 4.78 is 7.30. The Labute approximate surface area is 192 Å². The van der Waals surface area contributed by atoms with E-state index < -0.39 is 0 Å². The SMILES string of the molecule is COc1ccc(CN(C)C(=O)c2ccc(-c3ccnn3C)c3ccccc23)c2cccnc12. The number of benzene rings is 3. The molecular weight excluding hydrogens is 412 g/mol. The van der Waals surface area contributed by atoms with Gasteiger partial charge >= 0.3 is 0 Å². The molecule has 0 unspecified atom stereocenters. The number of aryl methyl sites for hydroxylation is 1. The predicted molar refractivity (Wildman–Crippen MR) is 130 cm³/mol. The van der Waals surface area contributed by atoms with Gasteiger partial charge in [0.1, 0.15) is 11.3 Å². The highest BCUT2D eigenvalue weighted by atomic mass is 16.5. The Bertz CT molecular complexity index is 1490. The Hall–Kier alpha value is -4.19. The van der Waals surface area contributed by atoms with Crippen LogP contribution < -0.4 is 4.74 Å². The summed E-state index contributed by atoms with van der Waals surface area (Å²) in [5.41, 5.74) is 4.55. The van der Waals surface area contributed by atoms with Gasteiger partial charge in [-0.15, -0.1) is 0 Å². The third-order valence-corrected chi connectivity index (χ3v) is 6.05. The van der Waals surface area contributed by atoms with Crippen LogP contribution >= 0.6 is 0 Å². The summed E-state index contributed by atoms with van der Waals surface area (Å²) in [5, 5.41) is 7.23. The molecule has 2 aromatic heterocycles. The number of aromatic nitrogens is 3. The lowest BCUT2D eigenvalue weighted by Crippen LogP contribution is -2.26. The van der Waals surface area contributed by atoms with Crippen molar-refractivity contribution in [3.05, 3.63) is 90.3 Å². The van der Waals surface area contributed by atoms with Gasteiger partial charge < -0.3 is 9.64 Å². The molecule has 2 heterocycles. The molecule has 0 atom stereocenters. The van der Waals surface area contributed by atoms with Crippen LogP contribution in [0.1, 0.15) is 15.9 Å². The highest BCUT2D eigenvalue weighted by Gasteiger charge is 2.19. The predicted octanol–water partition coefficient (Wildman–Crippen LogP) is 5.07. The highest BCUT2D eigenvalue weighted by Crippen LogP contribution is 2.32. The minimum Gasteiger partial charge on any atom is -0.494 e. The highest BCUT2D eigenvalue weighted by molar-refractivity contribution is 6.10. The van der Waals surface area contributed by atoms with Crippen molar-refractivity contribution in [2.24, 2.45) is 7.05 Å². The van der Waals surface area contributed by atoms with Gasteiger partial charge in [0.2, 0.25) is 0 Å². The quantitative estimate of drug-likeness (QED) is 0.386. The number of ether oxygens (including phenoxy) is 1. The van der Waals surface area contributed by atoms with Crippen LogP contribution in [0.2, 0.25) is 0 Å². The number of hydrogen-bond acceptors (Lipinski definition) is 4. The Balaban J connectivity index is 1.53. The summed E-state index contributed by atoms with van der Waals surface area (Å²) in [5.74, 6) is 0.690. The van der Waals surface area contributed by atoms with Crippen LogP contribution in [0.4, 0.5) is 0 Å². The third kappa shape index (κ3) is 3.59. The molecule has 164 valence electrons. The number of pyridine rings is 1. The summed E-state index contributed by atoms with van der Waals surface area (Å²) in [6.07, 6.45) is 3.53. The second-order valence-corrected chi connectivity index (χ2v) is 8.03. The van der Waals surface area contributed by atoms with Crippen LogP contribution in [0.15, 0.2) is 79.1 Å². The Morgan fingerprint density at radius 3 is 2.48 bits per heavy atom. The standard InChI is InChI=1S/C27H24N4O2/c1-30(17-18-10-13-25(33-3)26-19(18)9-6-15-28-26)27(32)23-12-11-22(24-14-16-29-31(24)2)20-7-4-5-8-21(20)23/h4-16H,17H2,1-3H3. The zero-order valence-electron chi connectivity index (χ0n) is 18.8. The molecule has 0 saturated carbocycles. The van der Waals surface area contributed by atoms with Gasteiger partial charge in [0.05, 0.1) is 12.8 Å². The topological polar surface area (TPSA) is 60.2 Å². The van der Waals surface area contributed by atoms with Gasteiger partial charge in [-0.05, 0) is 40.6 Å². The monoisotopic (exact) mass is 436 g/mol. The Morgan fingerprint density at radius 2 is 1.73 bits per heavy atom. The molecule has 0 aliphatic heterocycles. The summed E-state index contributed by atoms with van der Waals surface area (Å²) in [7, 11) is 5.39. The number of methoxy groups -OCH3 is 1. The first-order valence-electron chi connectivity index (χ1n) is 10.7. The molecule has 0 saturated heterocycles. The van der Waals surface area contributed by atoms with Crippen LogP contribution in [0.25, 0.3) is 32.9 Å². The van der Waals surface area contributed by atoms with Crippen LogP contribution in [0.5, 0.6) is 5.75 Å². The molecule has 5 rings (SSSR count). The zero-order chi connectivity index (χ0) is 22.9. The number of carbonyl (C=O) groups is 1. The largest absolute Gasteiger partial charge is 0.494 e. The lowest BCUT2D eigenvalue weighted by molar-refractivity contribution is 0.0787. The molecule has 1 amide bonds. The van der Waals surface area contributed by atoms with Crippen molar-refractivity contribution < 1.29 is 9.53 Å². The first-order chi connectivity index (χ1) is 16.1. The number of amides is 1. The van der Waals surface area contributed by atoms with E-state index in [1.54, 1.807) is 24.4 Å². The van der Waals surface area contributed by atoms with Gasteiger partial charge in [0, 0.05) is 49.5 Å². The van der Waals surface area contributed by atoms with E-state index in [1.165, 1.54) is 0 Å². The van der Waals surface area contributed by atoms with Crippen LogP contribution in [0.3, 0.4) is 0 Å². The fraction of sp³-hybridized carbons (Fsp3) is 0.148. The number of nitrogens with zero attached hydrogens (tertiary/aromatic N) is 4. The second kappa shape index (κ2) is 8.39. The number of carbonyl (C=O) groups excluding carboxylic acids is 1. The fourth-order valence-electron chi connectivity index (χ4n) is 4.39. The van der Waals surface area contributed by atoms with Crippen molar-refractivity contribution in [2.45, 2.75) is 6.54 Å². The van der Waals surface area contributed by atoms with E-state index in [4.69, 9.17) is 4.74 Å². The maximum atomic E-state index is 13.6. The van der Waals surface area contributed by atoms with Gasteiger partial charge in [-0.1, -0.05) is 42.5 Å². The summed E-state index contributed by atoms with van der Waals surface area (Å²) in [4.78, 5) is 19.8. The van der Waals surface area contributed by atoms with E-state index in [0.29, 0.717) is 12.1 Å². The summed E-state index contributed by atoms with van der Waals surface area (Å²) in [6.45, 7) is 0.461. The Morgan fingerprint density at radius 1 is 0.939 bits per heavy atom. The summed E-state index contributed by atoms with van der Waals surface area (Å²) >= 11 is 0. The maximum absolute atomic E-state index is 13.6. The van der Waals surface area contributed by atoms with Crippen molar-refractivity contribution in [3.8, 4) is 17.0 Å². The molecule has 6 heteroatoms. The third-order valence-electron chi connectivity index (χ3n) is 6.05. The molecule has 0 aliphatic carbocycles. The van der Waals surface area contributed by atoms with Gasteiger partial charge in [-0.25, -0.2) is 0 Å². The first kappa shape index (κ1) is 20.7. The maximum Gasteiger partial charge on any atom is 0.254 e. The number of fused-ring (bicyclic) bond motifs is 2. The molecule has 5 aromatic rings. The van der Waals surface area contributed by atoms with Crippen molar-refractivity contribution in [1.29, 1.82) is 0 Å².